The average Bonchev–Trinajstić information content (AvgIpc) is 2.77. The van der Waals surface area contributed by atoms with E-state index in [0.29, 0.717) is 25.9 Å². The van der Waals surface area contributed by atoms with Crippen molar-refractivity contribution in [3.05, 3.63) is 35.9 Å². The number of rotatable bonds is 3. The average molecular weight is 463 g/mol. The SMILES string of the molecule is COC(=O)C[C@@H]1O[C@]2(C)C[C@]3(C)O[C@]4(C)COC(c5ccccc5)O[C@H]4C[C@H]3O[C@H]2C[C@H]1O. The summed E-state index contributed by atoms with van der Waals surface area (Å²) < 4.78 is 36.8. The second-order valence-electron chi connectivity index (χ2n) is 10.5. The van der Waals surface area contributed by atoms with E-state index in [1.165, 1.54) is 7.11 Å². The monoisotopic (exact) mass is 462 g/mol. The number of hydrogen-bond donors (Lipinski definition) is 1. The summed E-state index contributed by atoms with van der Waals surface area (Å²) in [6.45, 7) is 6.46. The Morgan fingerprint density at radius 3 is 2.45 bits per heavy atom. The van der Waals surface area contributed by atoms with Crippen LogP contribution in [-0.4, -0.2) is 72.1 Å². The summed E-state index contributed by atoms with van der Waals surface area (Å²) >= 11 is 0. The van der Waals surface area contributed by atoms with Gasteiger partial charge < -0.3 is 33.5 Å². The number of aliphatic hydroxyl groups excluding tert-OH is 1. The van der Waals surface area contributed by atoms with Gasteiger partial charge in [0, 0.05) is 24.8 Å². The van der Waals surface area contributed by atoms with Crippen LogP contribution in [0.5, 0.6) is 0 Å². The third-order valence-corrected chi connectivity index (χ3v) is 7.75. The van der Waals surface area contributed by atoms with Crippen LogP contribution in [-0.2, 0) is 33.2 Å². The third-order valence-electron chi connectivity index (χ3n) is 7.75. The number of carbonyl (C=O) groups excluding carboxylic acids is 1. The number of fused-ring (bicyclic) bond motifs is 3. The van der Waals surface area contributed by atoms with E-state index in [1.54, 1.807) is 0 Å². The molecule has 0 bridgehead atoms. The Morgan fingerprint density at radius 1 is 1.03 bits per heavy atom. The highest BCUT2D eigenvalue weighted by Gasteiger charge is 2.63. The molecular formula is C25H34O8. The fourth-order valence-electron chi connectivity index (χ4n) is 6.04. The van der Waals surface area contributed by atoms with Gasteiger partial charge in [-0.1, -0.05) is 30.3 Å². The highest BCUT2D eigenvalue weighted by molar-refractivity contribution is 5.69. The summed E-state index contributed by atoms with van der Waals surface area (Å²) in [6.07, 6.45) is -0.964. The Balaban J connectivity index is 1.34. The topological polar surface area (TPSA) is 92.7 Å². The maximum Gasteiger partial charge on any atom is 0.308 e. The molecule has 1 N–H and O–H groups in total. The van der Waals surface area contributed by atoms with Gasteiger partial charge in [0.2, 0.25) is 0 Å². The quantitative estimate of drug-likeness (QED) is 0.686. The van der Waals surface area contributed by atoms with Gasteiger partial charge in [0.1, 0.15) is 5.60 Å². The number of carbonyl (C=O) groups is 1. The Labute approximate surface area is 194 Å². The predicted molar refractivity (Wildman–Crippen MR) is 116 cm³/mol. The van der Waals surface area contributed by atoms with E-state index in [1.807, 2.05) is 51.1 Å². The fraction of sp³-hybridized carbons (Fsp3) is 0.720. The summed E-state index contributed by atoms with van der Waals surface area (Å²) in [7, 11) is 1.33. The third kappa shape index (κ3) is 4.11. The van der Waals surface area contributed by atoms with Crippen molar-refractivity contribution < 1.29 is 38.3 Å². The molecule has 0 radical (unpaired) electrons. The van der Waals surface area contributed by atoms with Crippen molar-refractivity contribution in [3.8, 4) is 0 Å². The normalized spacial score (nSPS) is 47.1. The van der Waals surface area contributed by atoms with Crippen LogP contribution in [0.25, 0.3) is 0 Å². The van der Waals surface area contributed by atoms with Crippen LogP contribution in [0.3, 0.4) is 0 Å². The van der Waals surface area contributed by atoms with E-state index in [2.05, 4.69) is 0 Å². The van der Waals surface area contributed by atoms with E-state index >= 15 is 0 Å². The molecule has 1 aromatic rings. The molecule has 5 rings (SSSR count). The van der Waals surface area contributed by atoms with Crippen molar-refractivity contribution >= 4 is 5.97 Å². The van der Waals surface area contributed by atoms with Crippen LogP contribution in [0.2, 0.25) is 0 Å². The van der Waals surface area contributed by atoms with Crippen molar-refractivity contribution in [1.29, 1.82) is 0 Å². The Morgan fingerprint density at radius 2 is 1.73 bits per heavy atom. The zero-order valence-corrected chi connectivity index (χ0v) is 19.7. The summed E-state index contributed by atoms with van der Waals surface area (Å²) in [6, 6.07) is 9.90. The molecule has 4 heterocycles. The largest absolute Gasteiger partial charge is 0.469 e. The molecule has 0 spiro atoms. The van der Waals surface area contributed by atoms with Gasteiger partial charge in [-0.15, -0.1) is 0 Å². The maximum atomic E-state index is 11.8. The van der Waals surface area contributed by atoms with Gasteiger partial charge in [-0.2, -0.15) is 0 Å². The number of esters is 1. The molecule has 33 heavy (non-hydrogen) atoms. The van der Waals surface area contributed by atoms with Crippen molar-refractivity contribution in [3.63, 3.8) is 0 Å². The van der Waals surface area contributed by atoms with Crippen LogP contribution in [0.15, 0.2) is 30.3 Å². The Hall–Kier alpha value is -1.55. The number of benzene rings is 1. The Kier molecular flexibility index (Phi) is 5.83. The standard InChI is InChI=1S/C25H34O8/c1-23-13-24(2)19(30-18(23)10-16(26)17(32-23)11-21(27)28-4)12-20-25(3,33-24)14-29-22(31-20)15-8-6-5-7-9-15/h5-9,16-20,22,26H,10-14H2,1-4H3/t16-,17+,18+,19-,20+,22?,23-,24+,25-/m1/s1. The first-order chi connectivity index (χ1) is 15.6. The minimum atomic E-state index is -0.803. The lowest BCUT2D eigenvalue weighted by atomic mass is 9.71. The molecule has 182 valence electrons. The first-order valence-corrected chi connectivity index (χ1v) is 11.7. The number of hydrogen-bond acceptors (Lipinski definition) is 8. The molecule has 0 amide bonds. The first kappa shape index (κ1) is 23.2. The molecule has 1 unspecified atom stereocenters. The van der Waals surface area contributed by atoms with Crippen LogP contribution in [0.1, 0.15) is 58.3 Å². The molecule has 0 aliphatic carbocycles. The predicted octanol–water partition coefficient (Wildman–Crippen LogP) is 2.67. The van der Waals surface area contributed by atoms with Gasteiger partial charge in [-0.25, -0.2) is 0 Å². The summed E-state index contributed by atoms with van der Waals surface area (Å²) in [5.41, 5.74) is -0.968. The van der Waals surface area contributed by atoms with Gasteiger partial charge in [-0.3, -0.25) is 4.79 Å². The first-order valence-electron chi connectivity index (χ1n) is 11.7. The lowest BCUT2D eigenvalue weighted by Crippen LogP contribution is -2.72. The molecule has 0 saturated carbocycles. The molecule has 4 fully saturated rings. The second kappa shape index (κ2) is 8.29. The number of methoxy groups -OCH3 is 1. The number of aliphatic hydroxyl groups is 1. The van der Waals surface area contributed by atoms with Gasteiger partial charge >= 0.3 is 5.97 Å². The number of ether oxygens (including phenoxy) is 6. The Bertz CT molecular complexity index is 878. The van der Waals surface area contributed by atoms with Crippen LogP contribution < -0.4 is 0 Å². The van der Waals surface area contributed by atoms with E-state index in [0.717, 1.165) is 5.56 Å². The van der Waals surface area contributed by atoms with Crippen LogP contribution >= 0.6 is 0 Å². The molecule has 4 aliphatic heterocycles. The molecule has 4 aliphatic rings. The summed E-state index contributed by atoms with van der Waals surface area (Å²) in [5, 5.41) is 10.6. The van der Waals surface area contributed by atoms with Crippen molar-refractivity contribution in [2.75, 3.05) is 13.7 Å². The van der Waals surface area contributed by atoms with E-state index in [9.17, 15) is 9.90 Å². The fourth-order valence-corrected chi connectivity index (χ4v) is 6.04. The molecular weight excluding hydrogens is 428 g/mol. The molecule has 8 heteroatoms. The van der Waals surface area contributed by atoms with E-state index in [4.69, 9.17) is 28.4 Å². The van der Waals surface area contributed by atoms with Gasteiger partial charge in [0.25, 0.3) is 0 Å². The molecule has 4 saturated heterocycles. The minimum absolute atomic E-state index is 0.00329. The molecule has 8 nitrogen and oxygen atoms in total. The van der Waals surface area contributed by atoms with Gasteiger partial charge in [0.05, 0.1) is 61.9 Å². The minimum Gasteiger partial charge on any atom is -0.469 e. The molecule has 0 aromatic heterocycles. The van der Waals surface area contributed by atoms with E-state index in [-0.39, 0.29) is 24.7 Å². The molecule has 1 aromatic carbocycles. The van der Waals surface area contributed by atoms with Crippen molar-refractivity contribution in [1.82, 2.24) is 0 Å². The van der Waals surface area contributed by atoms with Crippen LogP contribution in [0, 0.1) is 0 Å². The highest BCUT2D eigenvalue weighted by Crippen LogP contribution is 2.53. The van der Waals surface area contributed by atoms with Gasteiger partial charge in [0.15, 0.2) is 6.29 Å². The molecule has 9 atom stereocenters. The lowest BCUT2D eigenvalue weighted by Gasteiger charge is -2.62. The zero-order valence-electron chi connectivity index (χ0n) is 19.7. The zero-order chi connectivity index (χ0) is 23.4. The van der Waals surface area contributed by atoms with Gasteiger partial charge in [-0.05, 0) is 20.8 Å². The van der Waals surface area contributed by atoms with Crippen LogP contribution in [0.4, 0.5) is 0 Å². The summed E-state index contributed by atoms with van der Waals surface area (Å²) in [5.74, 6) is -0.407. The second-order valence-corrected chi connectivity index (χ2v) is 10.5. The highest BCUT2D eigenvalue weighted by atomic mass is 16.7. The van der Waals surface area contributed by atoms with Crippen molar-refractivity contribution in [2.24, 2.45) is 0 Å². The smallest absolute Gasteiger partial charge is 0.308 e. The van der Waals surface area contributed by atoms with E-state index < -0.39 is 41.3 Å². The van der Waals surface area contributed by atoms with Crippen molar-refractivity contribution in [2.45, 2.75) is 100 Å². The summed E-state index contributed by atoms with van der Waals surface area (Å²) in [4.78, 5) is 11.8. The maximum absolute atomic E-state index is 11.8. The lowest BCUT2D eigenvalue weighted by molar-refractivity contribution is -0.394.